The molecule has 0 radical (unpaired) electrons. The first-order chi connectivity index (χ1) is 16.9. The molecule has 0 spiro atoms. The zero-order valence-electron chi connectivity index (χ0n) is 18.1. The highest BCUT2D eigenvalue weighted by Gasteiger charge is 2.21. The third kappa shape index (κ3) is 3.78. The molecule has 3 N–H and O–H groups in total. The summed E-state index contributed by atoms with van der Waals surface area (Å²) >= 11 is 6.48. The van der Waals surface area contributed by atoms with Gasteiger partial charge < -0.3 is 19.6 Å². The van der Waals surface area contributed by atoms with E-state index in [1.807, 2.05) is 24.3 Å². The van der Waals surface area contributed by atoms with E-state index in [1.165, 1.54) is 12.1 Å². The molecule has 0 unspecified atom stereocenters. The summed E-state index contributed by atoms with van der Waals surface area (Å²) in [5.74, 6) is 0.794. The number of benzene rings is 3. The molecular formula is C25H18ClN3O5S. The average molecular weight is 508 g/mol. The highest BCUT2D eigenvalue weighted by Crippen LogP contribution is 2.39. The van der Waals surface area contributed by atoms with Crippen molar-refractivity contribution in [1.29, 1.82) is 0 Å². The first-order valence-corrected chi connectivity index (χ1v) is 12.6. The van der Waals surface area contributed by atoms with Gasteiger partial charge in [-0.05, 0) is 42.5 Å². The minimum Gasteiger partial charge on any atom is -0.494 e. The quantitative estimate of drug-likeness (QED) is 0.303. The third-order valence-corrected chi connectivity index (χ3v) is 7.47. The zero-order chi connectivity index (χ0) is 24.2. The number of pyridine rings is 1. The Morgan fingerprint density at radius 2 is 1.74 bits per heavy atom. The Labute approximate surface area is 205 Å². The maximum absolute atomic E-state index is 13.1. The molecule has 0 saturated carbocycles. The van der Waals surface area contributed by atoms with Crippen molar-refractivity contribution in [3.8, 4) is 28.6 Å². The maximum Gasteiger partial charge on any atom is 0.262 e. The summed E-state index contributed by atoms with van der Waals surface area (Å²) in [7, 11) is -3.92. The van der Waals surface area contributed by atoms with Gasteiger partial charge in [0.05, 0.1) is 26.7 Å². The van der Waals surface area contributed by atoms with Crippen LogP contribution in [0.1, 0.15) is 0 Å². The van der Waals surface area contributed by atoms with Crippen LogP contribution in [0.25, 0.3) is 33.1 Å². The molecule has 176 valence electrons. The fourth-order valence-corrected chi connectivity index (χ4v) is 5.49. The summed E-state index contributed by atoms with van der Waals surface area (Å²) in [6, 6.07) is 18.5. The average Bonchev–Trinajstić information content (AvgIpc) is 3.18. The molecule has 0 atom stereocenters. The number of rotatable bonds is 4. The molecule has 3 heterocycles. The number of halogens is 1. The van der Waals surface area contributed by atoms with Crippen LogP contribution in [0.15, 0.2) is 71.6 Å². The number of sulfonamides is 1. The van der Waals surface area contributed by atoms with Gasteiger partial charge in [-0.15, -0.1) is 0 Å². The highest BCUT2D eigenvalue weighted by atomic mass is 35.5. The Morgan fingerprint density at radius 1 is 0.943 bits per heavy atom. The topological polar surface area (TPSA) is 114 Å². The minimum atomic E-state index is -3.92. The Morgan fingerprint density at radius 3 is 2.60 bits per heavy atom. The van der Waals surface area contributed by atoms with Crippen molar-refractivity contribution in [2.75, 3.05) is 17.9 Å². The first-order valence-electron chi connectivity index (χ1n) is 10.7. The van der Waals surface area contributed by atoms with Gasteiger partial charge in [-0.2, -0.15) is 0 Å². The standard InChI is InChI=1S/C25H18ClN3O5S/c26-18-13-21(27-19-4-2-1-3-16(18)19)24-17-11-14(5-7-20(17)28-25(24)30)29-35(31,32)15-6-8-22-23(12-15)34-10-9-33-22/h1-8,11-13,28-30H,9-10H2. The molecule has 8 nitrogen and oxygen atoms in total. The van der Waals surface area contributed by atoms with Gasteiger partial charge in [0.15, 0.2) is 17.4 Å². The van der Waals surface area contributed by atoms with Gasteiger partial charge in [-0.3, -0.25) is 4.72 Å². The molecule has 6 rings (SSSR count). The normalized spacial score (nSPS) is 13.3. The molecule has 0 saturated heterocycles. The number of ether oxygens (including phenoxy) is 2. The monoisotopic (exact) mass is 507 g/mol. The van der Waals surface area contributed by atoms with Crippen molar-refractivity contribution in [3.63, 3.8) is 0 Å². The Kier molecular flexibility index (Phi) is 4.98. The van der Waals surface area contributed by atoms with Crippen LogP contribution in [-0.2, 0) is 10.0 Å². The second kappa shape index (κ2) is 8.07. The molecule has 5 aromatic rings. The van der Waals surface area contributed by atoms with E-state index in [2.05, 4.69) is 14.7 Å². The van der Waals surface area contributed by atoms with Crippen LogP contribution >= 0.6 is 11.6 Å². The summed E-state index contributed by atoms with van der Waals surface area (Å²) in [6.07, 6.45) is 0. The number of aromatic amines is 1. The van der Waals surface area contributed by atoms with Crippen LogP contribution in [0.4, 0.5) is 5.69 Å². The number of aromatic nitrogens is 2. The summed E-state index contributed by atoms with van der Waals surface area (Å²) in [5, 5.41) is 12.5. The summed E-state index contributed by atoms with van der Waals surface area (Å²) in [5.41, 5.74) is 2.50. The van der Waals surface area contributed by atoms with Crippen molar-refractivity contribution in [2.24, 2.45) is 0 Å². The van der Waals surface area contributed by atoms with Crippen LogP contribution in [0, 0.1) is 0 Å². The SMILES string of the molecule is O=S(=O)(Nc1ccc2[nH]c(O)c(-c3cc(Cl)c4ccccc4n3)c2c1)c1ccc2c(c1)OCCO2. The number of aromatic hydroxyl groups is 1. The van der Waals surface area contributed by atoms with E-state index in [-0.39, 0.29) is 10.8 Å². The van der Waals surface area contributed by atoms with Gasteiger partial charge in [0.1, 0.15) is 13.2 Å². The van der Waals surface area contributed by atoms with E-state index in [0.29, 0.717) is 63.1 Å². The number of hydrogen-bond donors (Lipinski definition) is 3. The van der Waals surface area contributed by atoms with Crippen molar-refractivity contribution < 1.29 is 23.0 Å². The molecule has 0 aliphatic carbocycles. The van der Waals surface area contributed by atoms with E-state index < -0.39 is 10.0 Å². The third-order valence-electron chi connectivity index (χ3n) is 5.78. The molecule has 35 heavy (non-hydrogen) atoms. The Bertz CT molecular complexity index is 1730. The first kappa shape index (κ1) is 21.6. The fourth-order valence-electron chi connectivity index (χ4n) is 4.17. The fraction of sp³-hybridized carbons (Fsp3) is 0.0800. The van der Waals surface area contributed by atoms with Crippen molar-refractivity contribution >= 4 is 49.1 Å². The molecule has 3 aromatic carbocycles. The predicted molar refractivity (Wildman–Crippen MR) is 134 cm³/mol. The van der Waals surface area contributed by atoms with Gasteiger partial charge in [0.25, 0.3) is 10.0 Å². The number of anilines is 1. The number of fused-ring (bicyclic) bond motifs is 3. The van der Waals surface area contributed by atoms with Crippen LogP contribution < -0.4 is 14.2 Å². The molecular weight excluding hydrogens is 490 g/mol. The van der Waals surface area contributed by atoms with E-state index >= 15 is 0 Å². The highest BCUT2D eigenvalue weighted by molar-refractivity contribution is 7.92. The van der Waals surface area contributed by atoms with E-state index in [1.54, 1.807) is 30.3 Å². The van der Waals surface area contributed by atoms with Crippen LogP contribution in [0.5, 0.6) is 17.4 Å². The second-order valence-electron chi connectivity index (χ2n) is 8.03. The van der Waals surface area contributed by atoms with Crippen molar-refractivity contribution in [3.05, 3.63) is 71.8 Å². The van der Waals surface area contributed by atoms with Gasteiger partial charge in [-0.25, -0.2) is 13.4 Å². The largest absolute Gasteiger partial charge is 0.494 e. The number of nitrogens with zero attached hydrogens (tertiary/aromatic N) is 1. The van der Waals surface area contributed by atoms with Crippen LogP contribution in [0.3, 0.4) is 0 Å². The Balaban J connectivity index is 1.41. The molecule has 10 heteroatoms. The summed E-state index contributed by atoms with van der Waals surface area (Å²) in [6.45, 7) is 0.771. The zero-order valence-corrected chi connectivity index (χ0v) is 19.7. The lowest BCUT2D eigenvalue weighted by Gasteiger charge is -2.19. The lowest BCUT2D eigenvalue weighted by Crippen LogP contribution is -2.17. The molecule has 0 fully saturated rings. The molecule has 1 aliphatic heterocycles. The smallest absolute Gasteiger partial charge is 0.262 e. The number of nitrogens with one attached hydrogen (secondary N) is 2. The van der Waals surface area contributed by atoms with Crippen LogP contribution in [-0.4, -0.2) is 36.7 Å². The number of para-hydroxylation sites is 1. The van der Waals surface area contributed by atoms with Gasteiger partial charge in [0, 0.05) is 28.0 Å². The lowest BCUT2D eigenvalue weighted by molar-refractivity contribution is 0.171. The van der Waals surface area contributed by atoms with Gasteiger partial charge in [-0.1, -0.05) is 29.8 Å². The van der Waals surface area contributed by atoms with Crippen LogP contribution in [0.2, 0.25) is 5.02 Å². The minimum absolute atomic E-state index is 0.0435. The molecule has 2 aromatic heterocycles. The molecule has 0 amide bonds. The Hall–Kier alpha value is -3.95. The molecule has 0 bridgehead atoms. The van der Waals surface area contributed by atoms with E-state index in [0.717, 1.165) is 5.39 Å². The lowest BCUT2D eigenvalue weighted by atomic mass is 10.1. The molecule has 1 aliphatic rings. The van der Waals surface area contributed by atoms with Crippen molar-refractivity contribution in [2.45, 2.75) is 4.90 Å². The summed E-state index contributed by atoms with van der Waals surface area (Å²) < 4.78 is 39.7. The summed E-state index contributed by atoms with van der Waals surface area (Å²) in [4.78, 5) is 7.61. The van der Waals surface area contributed by atoms with Crippen molar-refractivity contribution in [1.82, 2.24) is 9.97 Å². The van der Waals surface area contributed by atoms with Gasteiger partial charge in [0.2, 0.25) is 0 Å². The second-order valence-corrected chi connectivity index (χ2v) is 10.1. The van der Waals surface area contributed by atoms with Gasteiger partial charge >= 0.3 is 0 Å². The maximum atomic E-state index is 13.1. The number of hydrogen-bond acceptors (Lipinski definition) is 6. The predicted octanol–water partition coefficient (Wildman–Crippen LogP) is 5.31. The van der Waals surface area contributed by atoms with E-state index in [4.69, 9.17) is 21.1 Å². The number of H-pyrrole nitrogens is 1. The van der Waals surface area contributed by atoms with E-state index in [9.17, 15) is 13.5 Å².